The number of nitrogens with zero attached hydrogens (tertiary/aromatic N) is 1. The highest BCUT2D eigenvalue weighted by Crippen LogP contribution is 2.00. The first-order valence-electron chi connectivity index (χ1n) is 4.80. The van der Waals surface area contributed by atoms with Gasteiger partial charge in [0, 0.05) is 25.2 Å². The maximum absolute atomic E-state index is 11.2. The highest BCUT2D eigenvalue weighted by atomic mass is 16.2. The first kappa shape index (κ1) is 10.5. The first-order valence-corrected chi connectivity index (χ1v) is 4.80. The summed E-state index contributed by atoms with van der Waals surface area (Å²) in [4.78, 5) is 13.4. The summed E-state index contributed by atoms with van der Waals surface area (Å²) in [6.45, 7) is 6.59. The van der Waals surface area contributed by atoms with Gasteiger partial charge in [-0.1, -0.05) is 0 Å². The molecule has 0 aromatic carbocycles. The van der Waals surface area contributed by atoms with Crippen molar-refractivity contribution in [2.24, 2.45) is 0 Å². The Kier molecular flexibility index (Phi) is 3.69. The molecule has 2 unspecified atom stereocenters. The van der Waals surface area contributed by atoms with Crippen LogP contribution in [0.25, 0.3) is 0 Å². The Morgan fingerprint density at radius 3 is 3.00 bits per heavy atom. The molecule has 0 radical (unpaired) electrons. The van der Waals surface area contributed by atoms with Gasteiger partial charge >= 0.3 is 0 Å². The van der Waals surface area contributed by atoms with Gasteiger partial charge in [-0.05, 0) is 20.9 Å². The number of carbonyl (C=O) groups is 1. The minimum atomic E-state index is 0.141. The van der Waals surface area contributed by atoms with E-state index in [0.29, 0.717) is 12.6 Å². The van der Waals surface area contributed by atoms with Gasteiger partial charge in [0.25, 0.3) is 0 Å². The number of hydrogen-bond acceptors (Lipinski definition) is 3. The summed E-state index contributed by atoms with van der Waals surface area (Å²) >= 11 is 0. The Balaban J connectivity index is 2.37. The van der Waals surface area contributed by atoms with Gasteiger partial charge in [-0.25, -0.2) is 0 Å². The van der Waals surface area contributed by atoms with Crippen LogP contribution in [0.1, 0.15) is 13.8 Å². The van der Waals surface area contributed by atoms with Crippen LogP contribution in [0.3, 0.4) is 0 Å². The summed E-state index contributed by atoms with van der Waals surface area (Å²) in [5, 5.41) is 6.07. The molecule has 4 nitrogen and oxygen atoms in total. The molecular formula is C9H19N3O. The Labute approximate surface area is 79.7 Å². The van der Waals surface area contributed by atoms with Crippen molar-refractivity contribution in [3.63, 3.8) is 0 Å². The molecule has 1 saturated heterocycles. The number of nitrogens with one attached hydrogen (secondary N) is 2. The molecule has 76 valence electrons. The third-order valence-electron chi connectivity index (χ3n) is 2.33. The molecule has 4 heteroatoms. The van der Waals surface area contributed by atoms with Gasteiger partial charge in [0.05, 0.1) is 6.54 Å². The molecule has 1 aliphatic rings. The number of likely N-dealkylation sites (N-methyl/N-ethyl adjacent to an activating group) is 1. The second kappa shape index (κ2) is 4.58. The lowest BCUT2D eigenvalue weighted by Gasteiger charge is -2.32. The summed E-state index contributed by atoms with van der Waals surface area (Å²) in [6, 6.07) is 0.725. The Morgan fingerprint density at radius 2 is 2.46 bits per heavy atom. The topological polar surface area (TPSA) is 44.4 Å². The molecule has 1 rings (SSSR count). The van der Waals surface area contributed by atoms with E-state index in [4.69, 9.17) is 0 Å². The summed E-state index contributed by atoms with van der Waals surface area (Å²) in [7, 11) is 1.94. The molecule has 1 fully saturated rings. The zero-order valence-corrected chi connectivity index (χ0v) is 8.63. The summed E-state index contributed by atoms with van der Waals surface area (Å²) in [5.41, 5.74) is 0. The average molecular weight is 185 g/mol. The average Bonchev–Trinajstić information content (AvgIpc) is 2.02. The van der Waals surface area contributed by atoms with Crippen LogP contribution in [-0.2, 0) is 4.79 Å². The van der Waals surface area contributed by atoms with Gasteiger partial charge in [0.2, 0.25) is 5.91 Å². The molecule has 0 spiro atoms. The van der Waals surface area contributed by atoms with Crippen molar-refractivity contribution >= 4 is 5.91 Å². The smallest absolute Gasteiger partial charge is 0.234 e. The lowest BCUT2D eigenvalue weighted by Crippen LogP contribution is -2.55. The van der Waals surface area contributed by atoms with Gasteiger partial charge in [-0.3, -0.25) is 9.69 Å². The van der Waals surface area contributed by atoms with E-state index in [9.17, 15) is 4.79 Å². The van der Waals surface area contributed by atoms with E-state index in [-0.39, 0.29) is 11.9 Å². The van der Waals surface area contributed by atoms with Crippen molar-refractivity contribution < 1.29 is 4.79 Å². The zero-order chi connectivity index (χ0) is 9.84. The molecule has 0 bridgehead atoms. The van der Waals surface area contributed by atoms with Crippen LogP contribution >= 0.6 is 0 Å². The summed E-state index contributed by atoms with van der Waals surface area (Å²) in [5.74, 6) is 0.141. The van der Waals surface area contributed by atoms with Crippen molar-refractivity contribution in [2.45, 2.75) is 25.9 Å². The molecule has 13 heavy (non-hydrogen) atoms. The fourth-order valence-electron chi connectivity index (χ4n) is 1.64. The highest BCUT2D eigenvalue weighted by Gasteiger charge is 2.21. The molecule has 0 aromatic heterocycles. The highest BCUT2D eigenvalue weighted by molar-refractivity contribution is 5.79. The molecular weight excluding hydrogens is 166 g/mol. The van der Waals surface area contributed by atoms with Crippen LogP contribution in [0.5, 0.6) is 0 Å². The monoisotopic (exact) mass is 185 g/mol. The second-order valence-electron chi connectivity index (χ2n) is 3.85. The second-order valence-corrected chi connectivity index (χ2v) is 3.85. The van der Waals surface area contributed by atoms with E-state index in [1.165, 1.54) is 0 Å². The summed E-state index contributed by atoms with van der Waals surface area (Å²) < 4.78 is 0. The molecule has 2 atom stereocenters. The van der Waals surface area contributed by atoms with Gasteiger partial charge in [0.15, 0.2) is 0 Å². The third-order valence-corrected chi connectivity index (χ3v) is 2.33. The molecule has 1 heterocycles. The van der Waals surface area contributed by atoms with Gasteiger partial charge < -0.3 is 10.6 Å². The number of carbonyl (C=O) groups excluding carboxylic acids is 1. The van der Waals surface area contributed by atoms with E-state index < -0.39 is 0 Å². The van der Waals surface area contributed by atoms with Gasteiger partial charge in [0.1, 0.15) is 0 Å². The third kappa shape index (κ3) is 3.32. The van der Waals surface area contributed by atoms with Crippen LogP contribution < -0.4 is 10.6 Å². The number of piperazine rings is 1. The lowest BCUT2D eigenvalue weighted by molar-refractivity contribution is -0.125. The summed E-state index contributed by atoms with van der Waals surface area (Å²) in [6.07, 6.45) is 0. The van der Waals surface area contributed by atoms with Crippen molar-refractivity contribution in [1.29, 1.82) is 0 Å². The Hall–Kier alpha value is -0.610. The molecule has 1 amide bonds. The van der Waals surface area contributed by atoms with Crippen LogP contribution in [0.4, 0.5) is 0 Å². The number of amides is 1. The Bertz CT molecular complexity index is 184. The van der Waals surface area contributed by atoms with E-state index in [1.807, 2.05) is 14.0 Å². The fourth-order valence-corrected chi connectivity index (χ4v) is 1.64. The van der Waals surface area contributed by atoms with E-state index in [1.54, 1.807) is 0 Å². The standard InChI is InChI=1S/C9H19N3O/c1-7(10-3)4-12-5-8(2)11-9(13)6-12/h7-8,10H,4-6H2,1-3H3,(H,11,13). The quantitative estimate of drug-likeness (QED) is 0.618. The number of hydrogen-bond donors (Lipinski definition) is 2. The molecule has 0 aromatic rings. The van der Waals surface area contributed by atoms with E-state index >= 15 is 0 Å². The van der Waals surface area contributed by atoms with Gasteiger partial charge in [-0.15, -0.1) is 0 Å². The maximum Gasteiger partial charge on any atom is 0.234 e. The number of rotatable bonds is 3. The molecule has 0 aliphatic carbocycles. The lowest BCUT2D eigenvalue weighted by atomic mass is 10.2. The van der Waals surface area contributed by atoms with Crippen molar-refractivity contribution in [3.05, 3.63) is 0 Å². The van der Waals surface area contributed by atoms with E-state index in [0.717, 1.165) is 13.1 Å². The van der Waals surface area contributed by atoms with Crippen LogP contribution in [-0.4, -0.2) is 49.6 Å². The predicted octanol–water partition coefficient (Wildman–Crippen LogP) is -0.585. The fraction of sp³-hybridized carbons (Fsp3) is 0.889. The first-order chi connectivity index (χ1) is 6.11. The van der Waals surface area contributed by atoms with Crippen molar-refractivity contribution in [2.75, 3.05) is 26.7 Å². The predicted molar refractivity (Wildman–Crippen MR) is 52.6 cm³/mol. The Morgan fingerprint density at radius 1 is 1.77 bits per heavy atom. The minimum Gasteiger partial charge on any atom is -0.351 e. The van der Waals surface area contributed by atoms with Gasteiger partial charge in [-0.2, -0.15) is 0 Å². The SMILES string of the molecule is CNC(C)CN1CC(=O)NC(C)C1. The molecule has 2 N–H and O–H groups in total. The minimum absolute atomic E-state index is 0.141. The van der Waals surface area contributed by atoms with Crippen molar-refractivity contribution in [3.8, 4) is 0 Å². The molecule has 0 saturated carbocycles. The van der Waals surface area contributed by atoms with E-state index in [2.05, 4.69) is 22.5 Å². The zero-order valence-electron chi connectivity index (χ0n) is 8.63. The molecule has 1 aliphatic heterocycles. The van der Waals surface area contributed by atoms with Crippen LogP contribution in [0, 0.1) is 0 Å². The van der Waals surface area contributed by atoms with Crippen LogP contribution in [0.2, 0.25) is 0 Å². The maximum atomic E-state index is 11.2. The van der Waals surface area contributed by atoms with Crippen molar-refractivity contribution in [1.82, 2.24) is 15.5 Å². The normalized spacial score (nSPS) is 27.0. The largest absolute Gasteiger partial charge is 0.351 e. The van der Waals surface area contributed by atoms with Crippen LogP contribution in [0.15, 0.2) is 0 Å².